The highest BCUT2D eigenvalue weighted by atomic mass is 16.7. The van der Waals surface area contributed by atoms with Gasteiger partial charge in [0.2, 0.25) is 0 Å². The van der Waals surface area contributed by atoms with E-state index < -0.39 is 36.0 Å². The Kier molecular flexibility index (Phi) is 11.5. The molecular weight excluding hydrogens is 520 g/mol. The van der Waals surface area contributed by atoms with Crippen LogP contribution in [0.3, 0.4) is 0 Å². The van der Waals surface area contributed by atoms with Crippen LogP contribution in [0.25, 0.3) is 0 Å². The molecule has 1 aliphatic rings. The summed E-state index contributed by atoms with van der Waals surface area (Å²) in [4.78, 5) is 25.9. The molecule has 0 saturated carbocycles. The number of rotatable bonds is 15. The molecule has 0 spiro atoms. The maximum atomic E-state index is 13.2. The van der Waals surface area contributed by atoms with Crippen LogP contribution in [0, 0.1) is 0 Å². The van der Waals surface area contributed by atoms with Crippen LogP contribution < -0.4 is 0 Å². The predicted octanol–water partition coefficient (Wildman–Crippen LogP) is 6.49. The molecule has 4 rings (SSSR count). The fourth-order valence-corrected chi connectivity index (χ4v) is 5.04. The van der Waals surface area contributed by atoms with Gasteiger partial charge in [0.15, 0.2) is 18.0 Å². The van der Waals surface area contributed by atoms with E-state index in [1.807, 2.05) is 42.5 Å². The lowest BCUT2D eigenvalue weighted by atomic mass is 9.98. The van der Waals surface area contributed by atoms with Gasteiger partial charge in [-0.15, -0.1) is 0 Å². The lowest BCUT2D eigenvalue weighted by molar-refractivity contribution is -0.246. The third kappa shape index (κ3) is 8.73. The van der Waals surface area contributed by atoms with Crippen molar-refractivity contribution in [1.82, 2.24) is 0 Å². The minimum absolute atomic E-state index is 0.184. The fourth-order valence-electron chi connectivity index (χ4n) is 5.04. The first-order valence-electron chi connectivity index (χ1n) is 14.5. The van der Waals surface area contributed by atoms with Crippen LogP contribution in [0.5, 0.6) is 0 Å². The quantitative estimate of drug-likeness (QED) is 0.168. The van der Waals surface area contributed by atoms with Crippen molar-refractivity contribution in [2.75, 3.05) is 6.61 Å². The number of carbonyl (C=O) groups is 2. The van der Waals surface area contributed by atoms with E-state index in [0.29, 0.717) is 24.0 Å². The van der Waals surface area contributed by atoms with Crippen LogP contribution >= 0.6 is 0 Å². The summed E-state index contributed by atoms with van der Waals surface area (Å²) in [5, 5.41) is 11.9. The van der Waals surface area contributed by atoms with Crippen LogP contribution in [0.1, 0.15) is 78.1 Å². The van der Waals surface area contributed by atoms with Crippen LogP contribution in [0.4, 0.5) is 0 Å². The van der Waals surface area contributed by atoms with E-state index in [4.69, 9.17) is 18.9 Å². The monoisotopic (exact) mass is 560 g/mol. The lowest BCUT2D eigenvalue weighted by Crippen LogP contribution is -2.46. The van der Waals surface area contributed by atoms with E-state index in [9.17, 15) is 14.7 Å². The third-order valence-corrected chi connectivity index (χ3v) is 7.27. The molecule has 1 saturated heterocycles. The molecule has 0 amide bonds. The first-order chi connectivity index (χ1) is 20.0. The average molecular weight is 561 g/mol. The SMILES string of the molecule is CCCCCCCC[C@@]1(O)O[C@H](COC(=O)c2ccccc2)[C@@H](OC(=O)c2ccccc2)[C@@H]1OCc1ccccc1. The van der Waals surface area contributed by atoms with Crippen molar-refractivity contribution < 1.29 is 33.6 Å². The van der Waals surface area contributed by atoms with Gasteiger partial charge in [-0.2, -0.15) is 0 Å². The van der Waals surface area contributed by atoms with E-state index in [-0.39, 0.29) is 13.2 Å². The second kappa shape index (κ2) is 15.5. The molecule has 1 N–H and O–H groups in total. The highest BCUT2D eigenvalue weighted by Crippen LogP contribution is 2.38. The molecular formula is C34H40O7. The van der Waals surface area contributed by atoms with Gasteiger partial charge in [0.05, 0.1) is 17.7 Å². The van der Waals surface area contributed by atoms with Crippen molar-refractivity contribution in [3.8, 4) is 0 Å². The van der Waals surface area contributed by atoms with Crippen LogP contribution in [-0.2, 0) is 25.6 Å². The van der Waals surface area contributed by atoms with Crippen molar-refractivity contribution in [2.45, 2.75) is 82.6 Å². The summed E-state index contributed by atoms with van der Waals surface area (Å²) in [7, 11) is 0. The van der Waals surface area contributed by atoms with E-state index >= 15 is 0 Å². The van der Waals surface area contributed by atoms with E-state index in [2.05, 4.69) is 6.92 Å². The molecule has 1 fully saturated rings. The van der Waals surface area contributed by atoms with Gasteiger partial charge in [-0.05, 0) is 36.2 Å². The maximum absolute atomic E-state index is 13.2. The normalized spacial score (nSPS) is 21.9. The van der Waals surface area contributed by atoms with Gasteiger partial charge < -0.3 is 24.1 Å². The largest absolute Gasteiger partial charge is 0.459 e. The molecule has 3 aromatic carbocycles. The van der Waals surface area contributed by atoms with Crippen molar-refractivity contribution >= 4 is 11.9 Å². The number of hydrogen-bond donors (Lipinski definition) is 1. The summed E-state index contributed by atoms with van der Waals surface area (Å²) in [6, 6.07) is 26.8. The second-order valence-electron chi connectivity index (χ2n) is 10.4. The number of esters is 2. The number of hydrogen-bond acceptors (Lipinski definition) is 7. The zero-order chi connectivity index (χ0) is 28.9. The van der Waals surface area contributed by atoms with E-state index in [0.717, 1.165) is 31.2 Å². The fraction of sp³-hybridized carbons (Fsp3) is 0.412. The molecule has 0 aromatic heterocycles. The first-order valence-corrected chi connectivity index (χ1v) is 14.5. The molecule has 7 heteroatoms. The zero-order valence-corrected chi connectivity index (χ0v) is 23.7. The Hall–Kier alpha value is -3.52. The first kappa shape index (κ1) is 30.4. The Balaban J connectivity index is 1.55. The highest BCUT2D eigenvalue weighted by molar-refractivity contribution is 5.90. The Labute approximate surface area is 242 Å². The van der Waals surface area contributed by atoms with Gasteiger partial charge in [-0.1, -0.05) is 106 Å². The van der Waals surface area contributed by atoms with Crippen molar-refractivity contribution in [1.29, 1.82) is 0 Å². The summed E-state index contributed by atoms with van der Waals surface area (Å²) >= 11 is 0. The molecule has 7 nitrogen and oxygen atoms in total. The van der Waals surface area contributed by atoms with Gasteiger partial charge in [-0.25, -0.2) is 9.59 Å². The van der Waals surface area contributed by atoms with Gasteiger partial charge in [0.1, 0.15) is 12.7 Å². The molecule has 1 heterocycles. The molecule has 4 atom stereocenters. The second-order valence-corrected chi connectivity index (χ2v) is 10.4. The van der Waals surface area contributed by atoms with Gasteiger partial charge in [0, 0.05) is 6.42 Å². The van der Waals surface area contributed by atoms with Crippen molar-refractivity contribution in [2.24, 2.45) is 0 Å². The molecule has 3 aromatic rings. The summed E-state index contributed by atoms with van der Waals surface area (Å²) in [5.74, 6) is -2.84. The highest BCUT2D eigenvalue weighted by Gasteiger charge is 2.57. The molecule has 41 heavy (non-hydrogen) atoms. The van der Waals surface area contributed by atoms with E-state index in [1.165, 1.54) is 6.42 Å². The molecule has 0 unspecified atom stereocenters. The number of aliphatic hydroxyl groups is 1. The summed E-state index contributed by atoms with van der Waals surface area (Å²) in [5.41, 5.74) is 1.66. The molecule has 0 aliphatic carbocycles. The minimum atomic E-state index is -1.73. The van der Waals surface area contributed by atoms with Crippen LogP contribution in [-0.4, -0.2) is 47.8 Å². The van der Waals surface area contributed by atoms with E-state index in [1.54, 1.807) is 48.5 Å². The molecule has 0 bridgehead atoms. The average Bonchev–Trinajstić information content (AvgIpc) is 3.27. The Morgan fingerprint density at radius 3 is 1.98 bits per heavy atom. The standard InChI is InChI=1S/C34H40O7/c1-2-3-4-5-6-16-23-34(37)31(38-24-26-17-10-7-11-18-26)30(40-33(36)28-21-14-9-15-22-28)29(41-34)25-39-32(35)27-19-12-8-13-20-27/h7-15,17-22,29-31,37H,2-6,16,23-25H2,1H3/t29-,30-,31+,34-/m1/s1. The summed E-state index contributed by atoms with van der Waals surface area (Å²) in [6.45, 7) is 2.14. The number of ether oxygens (including phenoxy) is 4. The Bertz CT molecular complexity index is 1200. The summed E-state index contributed by atoms with van der Waals surface area (Å²) < 4.78 is 24.0. The molecule has 218 valence electrons. The number of carbonyl (C=O) groups excluding carboxylic acids is 2. The van der Waals surface area contributed by atoms with Gasteiger partial charge in [0.25, 0.3) is 0 Å². The Morgan fingerprint density at radius 2 is 1.34 bits per heavy atom. The topological polar surface area (TPSA) is 91.3 Å². The third-order valence-electron chi connectivity index (χ3n) is 7.27. The van der Waals surface area contributed by atoms with Gasteiger partial charge >= 0.3 is 11.9 Å². The van der Waals surface area contributed by atoms with Crippen LogP contribution in [0.2, 0.25) is 0 Å². The summed E-state index contributed by atoms with van der Waals surface area (Å²) in [6.07, 6.45) is 3.52. The smallest absolute Gasteiger partial charge is 0.338 e. The minimum Gasteiger partial charge on any atom is -0.459 e. The molecule has 0 radical (unpaired) electrons. The Morgan fingerprint density at radius 1 is 0.780 bits per heavy atom. The van der Waals surface area contributed by atoms with Crippen molar-refractivity contribution in [3.63, 3.8) is 0 Å². The number of unbranched alkanes of at least 4 members (excludes halogenated alkanes) is 5. The number of benzene rings is 3. The zero-order valence-electron chi connectivity index (χ0n) is 23.7. The molecule has 1 aliphatic heterocycles. The van der Waals surface area contributed by atoms with Crippen LogP contribution in [0.15, 0.2) is 91.0 Å². The lowest BCUT2D eigenvalue weighted by Gasteiger charge is -2.30. The predicted molar refractivity (Wildman–Crippen MR) is 155 cm³/mol. The van der Waals surface area contributed by atoms with Gasteiger partial charge in [-0.3, -0.25) is 0 Å². The maximum Gasteiger partial charge on any atom is 0.338 e. The van der Waals surface area contributed by atoms with Crippen molar-refractivity contribution in [3.05, 3.63) is 108 Å².